The van der Waals surface area contributed by atoms with E-state index in [2.05, 4.69) is 26.1 Å². The fraction of sp³-hybridized carbons (Fsp3) is 0.900. The van der Waals surface area contributed by atoms with Crippen molar-refractivity contribution in [1.82, 2.24) is 10.2 Å². The maximum absolute atomic E-state index is 11.2. The van der Waals surface area contributed by atoms with Crippen LogP contribution in [0.15, 0.2) is 0 Å². The third-order valence-electron chi connectivity index (χ3n) is 2.22. The van der Waals surface area contributed by atoms with E-state index in [9.17, 15) is 9.90 Å². The fourth-order valence-electron chi connectivity index (χ4n) is 1.71. The molecule has 1 aliphatic rings. The lowest BCUT2D eigenvalue weighted by Gasteiger charge is -2.25. The normalized spacial score (nSPS) is 19.7. The van der Waals surface area contributed by atoms with Gasteiger partial charge in [-0.1, -0.05) is 20.8 Å². The topological polar surface area (TPSA) is 52.6 Å². The van der Waals surface area contributed by atoms with Crippen molar-refractivity contribution in [2.45, 2.75) is 33.3 Å². The van der Waals surface area contributed by atoms with Gasteiger partial charge in [-0.3, -0.25) is 0 Å². The number of aliphatic hydroxyl groups excluding tert-OH is 1. The third kappa shape index (κ3) is 3.54. The summed E-state index contributed by atoms with van der Waals surface area (Å²) in [5, 5.41) is 12.5. The fourth-order valence-corrected chi connectivity index (χ4v) is 1.71. The van der Waals surface area contributed by atoms with E-state index in [1.807, 2.05) is 0 Å². The number of urea groups is 1. The Hall–Kier alpha value is -0.770. The van der Waals surface area contributed by atoms with Crippen LogP contribution < -0.4 is 5.32 Å². The van der Waals surface area contributed by atoms with Crippen LogP contribution in [-0.4, -0.2) is 41.8 Å². The van der Waals surface area contributed by atoms with Crippen LogP contribution in [0.4, 0.5) is 4.79 Å². The molecule has 2 amide bonds. The summed E-state index contributed by atoms with van der Waals surface area (Å²) < 4.78 is 0. The average Bonchev–Trinajstić information content (AvgIpc) is 2.32. The lowest BCUT2D eigenvalue weighted by molar-refractivity contribution is 0.0924. The highest BCUT2D eigenvalue weighted by Gasteiger charge is 2.24. The highest BCUT2D eigenvalue weighted by Crippen LogP contribution is 2.21. The van der Waals surface area contributed by atoms with Crippen LogP contribution in [0.5, 0.6) is 0 Å². The van der Waals surface area contributed by atoms with Crippen molar-refractivity contribution in [3.8, 4) is 0 Å². The molecule has 0 aliphatic carbocycles. The first-order valence-corrected chi connectivity index (χ1v) is 5.09. The van der Waals surface area contributed by atoms with Crippen LogP contribution in [-0.2, 0) is 0 Å². The molecule has 4 nitrogen and oxygen atoms in total. The number of amides is 2. The maximum atomic E-state index is 11.2. The number of rotatable bonds is 3. The smallest absolute Gasteiger partial charge is 0.317 e. The van der Waals surface area contributed by atoms with Gasteiger partial charge in [-0.05, 0) is 11.8 Å². The lowest BCUT2D eigenvalue weighted by atomic mass is 9.89. The van der Waals surface area contributed by atoms with E-state index in [1.165, 1.54) is 0 Å². The molecule has 4 heteroatoms. The molecule has 0 spiro atoms. The zero-order valence-corrected chi connectivity index (χ0v) is 9.21. The van der Waals surface area contributed by atoms with Crippen LogP contribution in [0.3, 0.4) is 0 Å². The summed E-state index contributed by atoms with van der Waals surface area (Å²) in [7, 11) is 0. The van der Waals surface area contributed by atoms with Gasteiger partial charge in [0.2, 0.25) is 0 Å². The van der Waals surface area contributed by atoms with E-state index in [-0.39, 0.29) is 11.4 Å². The van der Waals surface area contributed by atoms with E-state index in [4.69, 9.17) is 0 Å². The molecule has 1 rings (SSSR count). The summed E-state index contributed by atoms with van der Waals surface area (Å²) >= 11 is 0. The Morgan fingerprint density at radius 3 is 2.64 bits per heavy atom. The molecule has 0 aromatic rings. The monoisotopic (exact) mass is 200 g/mol. The van der Waals surface area contributed by atoms with Gasteiger partial charge >= 0.3 is 6.03 Å². The molecule has 1 heterocycles. The molecule has 1 aliphatic heterocycles. The predicted molar refractivity (Wildman–Crippen MR) is 55.1 cm³/mol. The molecule has 2 N–H and O–H groups in total. The molecule has 0 saturated carbocycles. The lowest BCUT2D eigenvalue weighted by Crippen LogP contribution is -2.36. The van der Waals surface area contributed by atoms with E-state index >= 15 is 0 Å². The largest absolute Gasteiger partial charge is 0.391 e. The van der Waals surface area contributed by atoms with E-state index in [1.54, 1.807) is 4.90 Å². The molecule has 1 unspecified atom stereocenters. The Kier molecular flexibility index (Phi) is 3.37. The highest BCUT2D eigenvalue weighted by atomic mass is 16.3. The molecule has 82 valence electrons. The number of β-amino-alcohol motifs (C(OH)–C–C–N with tert-alkyl or cyclic N) is 1. The molecular formula is C10H20N2O2. The quantitative estimate of drug-likeness (QED) is 0.708. The minimum atomic E-state index is -0.418. The minimum absolute atomic E-state index is 0.0574. The standard InChI is InChI=1S/C10H20N2O2/c1-10(2,3)6-8(13)7-12-5-4-11-9(12)14/h8,13H,4-7H2,1-3H3,(H,11,14). The first-order valence-electron chi connectivity index (χ1n) is 5.09. The van der Waals surface area contributed by atoms with Gasteiger partial charge in [-0.15, -0.1) is 0 Å². The Bertz CT molecular complexity index is 211. The third-order valence-corrected chi connectivity index (χ3v) is 2.22. The minimum Gasteiger partial charge on any atom is -0.391 e. The van der Waals surface area contributed by atoms with Crippen LogP contribution >= 0.6 is 0 Å². The summed E-state index contributed by atoms with van der Waals surface area (Å²) in [5.74, 6) is 0. The Balaban J connectivity index is 2.33. The van der Waals surface area contributed by atoms with Crippen molar-refractivity contribution in [2.75, 3.05) is 19.6 Å². The van der Waals surface area contributed by atoms with Crippen molar-refractivity contribution >= 4 is 6.03 Å². The van der Waals surface area contributed by atoms with Gasteiger partial charge in [0.05, 0.1) is 6.10 Å². The number of aliphatic hydroxyl groups is 1. The number of hydrogen-bond donors (Lipinski definition) is 2. The molecule has 0 aromatic heterocycles. The zero-order valence-electron chi connectivity index (χ0n) is 9.21. The molecule has 1 fully saturated rings. The Morgan fingerprint density at radius 2 is 2.21 bits per heavy atom. The summed E-state index contributed by atoms with van der Waals surface area (Å²) in [6.45, 7) is 8.10. The average molecular weight is 200 g/mol. The van der Waals surface area contributed by atoms with Gasteiger partial charge in [-0.2, -0.15) is 0 Å². The van der Waals surface area contributed by atoms with Gasteiger partial charge < -0.3 is 15.3 Å². The second-order valence-electron chi connectivity index (χ2n) is 5.10. The predicted octanol–water partition coefficient (Wildman–Crippen LogP) is 0.809. The van der Waals surface area contributed by atoms with E-state index < -0.39 is 6.10 Å². The summed E-state index contributed by atoms with van der Waals surface area (Å²) in [6.07, 6.45) is 0.301. The van der Waals surface area contributed by atoms with Crippen LogP contribution in [0.1, 0.15) is 27.2 Å². The number of nitrogens with zero attached hydrogens (tertiary/aromatic N) is 1. The van der Waals surface area contributed by atoms with Gasteiger partial charge in [-0.25, -0.2) is 4.79 Å². The second kappa shape index (κ2) is 4.17. The van der Waals surface area contributed by atoms with Crippen molar-refractivity contribution in [3.63, 3.8) is 0 Å². The molecule has 0 aromatic carbocycles. The van der Waals surface area contributed by atoms with Gasteiger partial charge in [0.1, 0.15) is 0 Å². The molecule has 0 bridgehead atoms. The first kappa shape index (κ1) is 11.3. The molecule has 0 radical (unpaired) electrons. The SMILES string of the molecule is CC(C)(C)CC(O)CN1CCNC1=O. The first-order chi connectivity index (χ1) is 6.38. The van der Waals surface area contributed by atoms with Crippen molar-refractivity contribution in [2.24, 2.45) is 5.41 Å². The van der Waals surface area contributed by atoms with Crippen LogP contribution in [0, 0.1) is 5.41 Å². The van der Waals surface area contributed by atoms with E-state index in [0.717, 1.165) is 6.42 Å². The highest BCUT2D eigenvalue weighted by molar-refractivity contribution is 5.76. The summed E-state index contributed by atoms with van der Waals surface area (Å²) in [5.41, 5.74) is 0.107. The molecule has 14 heavy (non-hydrogen) atoms. The van der Waals surface area contributed by atoms with E-state index in [0.29, 0.717) is 19.6 Å². The van der Waals surface area contributed by atoms with Crippen LogP contribution in [0.2, 0.25) is 0 Å². The number of carbonyl (C=O) groups excluding carboxylic acids is 1. The van der Waals surface area contributed by atoms with Crippen molar-refractivity contribution in [1.29, 1.82) is 0 Å². The maximum Gasteiger partial charge on any atom is 0.317 e. The molecular weight excluding hydrogens is 180 g/mol. The number of carbonyl (C=O) groups is 1. The molecule has 1 saturated heterocycles. The van der Waals surface area contributed by atoms with Gasteiger partial charge in [0.15, 0.2) is 0 Å². The Labute approximate surface area is 85.3 Å². The van der Waals surface area contributed by atoms with Crippen molar-refractivity contribution < 1.29 is 9.90 Å². The van der Waals surface area contributed by atoms with Gasteiger partial charge in [0.25, 0.3) is 0 Å². The van der Waals surface area contributed by atoms with Gasteiger partial charge in [0, 0.05) is 19.6 Å². The van der Waals surface area contributed by atoms with Crippen molar-refractivity contribution in [3.05, 3.63) is 0 Å². The second-order valence-corrected chi connectivity index (χ2v) is 5.10. The Morgan fingerprint density at radius 1 is 1.57 bits per heavy atom. The zero-order chi connectivity index (χ0) is 10.8. The summed E-state index contributed by atoms with van der Waals surface area (Å²) in [4.78, 5) is 12.8. The molecule has 1 atom stereocenters. The number of hydrogen-bond acceptors (Lipinski definition) is 2. The summed E-state index contributed by atoms with van der Waals surface area (Å²) in [6, 6.07) is -0.0574. The number of nitrogens with one attached hydrogen (secondary N) is 1. The van der Waals surface area contributed by atoms with Crippen LogP contribution in [0.25, 0.3) is 0 Å².